The minimum atomic E-state index is 0.460. The molecule has 0 radical (unpaired) electrons. The fourth-order valence-corrected chi connectivity index (χ4v) is 1.85. The molecular formula is C8H7N7OS. The number of rotatable bonds is 3. The van der Waals surface area contributed by atoms with Crippen molar-refractivity contribution in [3.05, 3.63) is 18.0 Å². The predicted octanol–water partition coefficient (Wildman–Crippen LogP) is 0.616. The van der Waals surface area contributed by atoms with Gasteiger partial charge in [0.1, 0.15) is 5.03 Å². The highest BCUT2D eigenvalue weighted by Crippen LogP contribution is 2.24. The second-order valence-corrected chi connectivity index (χ2v) is 4.09. The van der Waals surface area contributed by atoms with Crippen molar-refractivity contribution in [2.45, 2.75) is 23.6 Å². The molecule has 8 nitrogen and oxygen atoms in total. The van der Waals surface area contributed by atoms with Gasteiger partial charge in [-0.1, -0.05) is 6.92 Å². The fraction of sp³-hybridized carbons (Fsp3) is 0.250. The molecule has 0 N–H and O–H groups in total. The zero-order valence-corrected chi connectivity index (χ0v) is 9.63. The van der Waals surface area contributed by atoms with Crippen LogP contribution in [0.15, 0.2) is 26.8 Å². The summed E-state index contributed by atoms with van der Waals surface area (Å²) < 4.78 is 6.72. The Morgan fingerprint density at radius 1 is 1.29 bits per heavy atom. The average Bonchev–Trinajstić information content (AvgIpc) is 2.96. The Hall–Kier alpha value is -2.03. The Balaban J connectivity index is 1.88. The maximum absolute atomic E-state index is 5.37. The Bertz CT molecular complexity index is 648. The van der Waals surface area contributed by atoms with Crippen LogP contribution in [0.3, 0.4) is 0 Å². The van der Waals surface area contributed by atoms with E-state index in [0.29, 0.717) is 28.2 Å². The summed E-state index contributed by atoms with van der Waals surface area (Å²) in [5, 5.41) is 24.1. The first-order chi connectivity index (χ1) is 8.35. The van der Waals surface area contributed by atoms with Crippen LogP contribution < -0.4 is 0 Å². The molecule has 0 amide bonds. The molecule has 0 atom stereocenters. The molecule has 0 bridgehead atoms. The summed E-state index contributed by atoms with van der Waals surface area (Å²) >= 11 is 1.27. The van der Waals surface area contributed by atoms with Gasteiger partial charge in [0, 0.05) is 6.42 Å². The first-order valence-electron chi connectivity index (χ1n) is 4.91. The summed E-state index contributed by atoms with van der Waals surface area (Å²) in [6.45, 7) is 1.95. The number of aryl methyl sites for hydroxylation is 1. The lowest BCUT2D eigenvalue weighted by Crippen LogP contribution is -1.95. The lowest BCUT2D eigenvalue weighted by atomic mass is 10.5. The van der Waals surface area contributed by atoms with Crippen molar-refractivity contribution in [3.8, 4) is 0 Å². The fourth-order valence-electron chi connectivity index (χ4n) is 1.20. The third-order valence-electron chi connectivity index (χ3n) is 1.99. The minimum Gasteiger partial charge on any atom is -0.416 e. The van der Waals surface area contributed by atoms with Crippen LogP contribution in [-0.4, -0.2) is 35.5 Å². The molecule has 0 aliphatic rings. The van der Waals surface area contributed by atoms with Gasteiger partial charge in [0.15, 0.2) is 5.65 Å². The van der Waals surface area contributed by atoms with E-state index in [0.717, 1.165) is 0 Å². The van der Waals surface area contributed by atoms with Crippen LogP contribution >= 0.6 is 11.8 Å². The summed E-state index contributed by atoms with van der Waals surface area (Å²) in [6.07, 6.45) is 0.715. The van der Waals surface area contributed by atoms with Gasteiger partial charge in [-0.3, -0.25) is 0 Å². The van der Waals surface area contributed by atoms with E-state index in [9.17, 15) is 0 Å². The summed E-state index contributed by atoms with van der Waals surface area (Å²) in [6, 6.07) is 3.57. The number of hydrogen-bond acceptors (Lipinski definition) is 8. The zero-order chi connectivity index (χ0) is 11.7. The number of fused-ring (bicyclic) bond motifs is 1. The van der Waals surface area contributed by atoms with Gasteiger partial charge >= 0.3 is 0 Å². The smallest absolute Gasteiger partial charge is 0.283 e. The molecule has 3 heterocycles. The highest BCUT2D eigenvalue weighted by molar-refractivity contribution is 7.99. The SMILES string of the molecule is CCc1nnc(Sc2ccc3nnnn3n2)o1. The van der Waals surface area contributed by atoms with E-state index in [1.54, 1.807) is 12.1 Å². The highest BCUT2D eigenvalue weighted by Gasteiger charge is 2.08. The molecule has 0 aliphatic heterocycles. The zero-order valence-electron chi connectivity index (χ0n) is 8.81. The van der Waals surface area contributed by atoms with E-state index in [-0.39, 0.29) is 0 Å². The molecule has 0 fully saturated rings. The predicted molar refractivity (Wildman–Crippen MR) is 56.4 cm³/mol. The van der Waals surface area contributed by atoms with Gasteiger partial charge in [-0.05, 0) is 34.3 Å². The molecule has 3 aromatic heterocycles. The number of nitrogens with zero attached hydrogens (tertiary/aromatic N) is 7. The molecule has 0 aliphatic carbocycles. The molecular weight excluding hydrogens is 242 g/mol. The molecule has 9 heteroatoms. The van der Waals surface area contributed by atoms with Gasteiger partial charge in [-0.25, -0.2) is 0 Å². The number of aromatic nitrogens is 7. The maximum Gasteiger partial charge on any atom is 0.283 e. The van der Waals surface area contributed by atoms with E-state index in [1.165, 1.54) is 16.4 Å². The first kappa shape index (κ1) is 10.1. The Morgan fingerprint density at radius 3 is 3.06 bits per heavy atom. The Morgan fingerprint density at radius 2 is 2.24 bits per heavy atom. The van der Waals surface area contributed by atoms with Crippen LogP contribution in [0.2, 0.25) is 0 Å². The van der Waals surface area contributed by atoms with Gasteiger partial charge in [-0.2, -0.15) is 0 Å². The average molecular weight is 249 g/mol. The second kappa shape index (κ2) is 4.09. The molecule has 17 heavy (non-hydrogen) atoms. The highest BCUT2D eigenvalue weighted by atomic mass is 32.2. The molecule has 0 unspecified atom stereocenters. The van der Waals surface area contributed by atoms with Crippen LogP contribution in [-0.2, 0) is 6.42 Å². The third-order valence-corrected chi connectivity index (χ3v) is 2.75. The van der Waals surface area contributed by atoms with Crippen LogP contribution in [0, 0.1) is 0 Å². The van der Waals surface area contributed by atoms with Crippen molar-refractivity contribution in [1.29, 1.82) is 0 Å². The van der Waals surface area contributed by atoms with Crippen molar-refractivity contribution >= 4 is 17.4 Å². The van der Waals surface area contributed by atoms with Crippen molar-refractivity contribution in [1.82, 2.24) is 35.5 Å². The normalized spacial score (nSPS) is 11.1. The monoisotopic (exact) mass is 249 g/mol. The lowest BCUT2D eigenvalue weighted by Gasteiger charge is -1.94. The lowest BCUT2D eigenvalue weighted by molar-refractivity contribution is 0.417. The summed E-state index contributed by atoms with van der Waals surface area (Å²) in [7, 11) is 0. The molecule has 0 saturated heterocycles. The van der Waals surface area contributed by atoms with Crippen molar-refractivity contribution in [2.75, 3.05) is 0 Å². The largest absolute Gasteiger partial charge is 0.416 e. The molecule has 86 valence electrons. The van der Waals surface area contributed by atoms with Crippen LogP contribution in [0.25, 0.3) is 5.65 Å². The molecule has 0 spiro atoms. The Kier molecular flexibility index (Phi) is 2.44. The topological polar surface area (TPSA) is 94.9 Å². The van der Waals surface area contributed by atoms with Crippen LogP contribution in [0.1, 0.15) is 12.8 Å². The van der Waals surface area contributed by atoms with Crippen LogP contribution in [0.5, 0.6) is 0 Å². The van der Waals surface area contributed by atoms with Crippen molar-refractivity contribution in [2.24, 2.45) is 0 Å². The second-order valence-electron chi connectivity index (χ2n) is 3.12. The first-order valence-corrected chi connectivity index (χ1v) is 5.72. The summed E-state index contributed by atoms with van der Waals surface area (Å²) in [5.41, 5.74) is 0.592. The quantitative estimate of drug-likeness (QED) is 0.666. The Labute approximate surface area is 99.4 Å². The molecule has 0 aromatic carbocycles. The van der Waals surface area contributed by atoms with Gasteiger partial charge in [0.05, 0.1) is 0 Å². The van der Waals surface area contributed by atoms with E-state index in [2.05, 4.69) is 30.8 Å². The minimum absolute atomic E-state index is 0.460. The number of tetrazole rings is 1. The summed E-state index contributed by atoms with van der Waals surface area (Å²) in [4.78, 5) is 0. The number of hydrogen-bond donors (Lipinski definition) is 0. The molecule has 3 aromatic rings. The van der Waals surface area contributed by atoms with Crippen LogP contribution in [0.4, 0.5) is 0 Å². The van der Waals surface area contributed by atoms with E-state index in [4.69, 9.17) is 4.42 Å². The van der Waals surface area contributed by atoms with Gasteiger partial charge in [-0.15, -0.1) is 25.0 Å². The van der Waals surface area contributed by atoms with Gasteiger partial charge in [0.25, 0.3) is 5.22 Å². The van der Waals surface area contributed by atoms with Crippen molar-refractivity contribution in [3.63, 3.8) is 0 Å². The van der Waals surface area contributed by atoms with E-state index < -0.39 is 0 Å². The summed E-state index contributed by atoms with van der Waals surface area (Å²) in [5.74, 6) is 0.607. The standard InChI is InChI=1S/C8H7N7OS/c1-2-6-10-11-8(16-6)17-7-4-3-5-9-13-14-15(5)12-7/h3-4H,2H2,1H3. The maximum atomic E-state index is 5.37. The van der Waals surface area contributed by atoms with Crippen molar-refractivity contribution < 1.29 is 4.42 Å². The third kappa shape index (κ3) is 1.96. The van der Waals surface area contributed by atoms with Gasteiger partial charge < -0.3 is 4.42 Å². The molecule has 3 rings (SSSR count). The van der Waals surface area contributed by atoms with E-state index >= 15 is 0 Å². The van der Waals surface area contributed by atoms with E-state index in [1.807, 2.05) is 6.92 Å². The van der Waals surface area contributed by atoms with Gasteiger partial charge in [0.2, 0.25) is 5.89 Å². The molecule has 0 saturated carbocycles.